The average molecular weight is 353 g/mol. The summed E-state index contributed by atoms with van der Waals surface area (Å²) in [5.74, 6) is 0. The molecule has 2 aliphatic rings. The maximum atomic E-state index is 5.83. The van der Waals surface area contributed by atoms with Crippen LogP contribution in [0.1, 0.15) is 0 Å². The van der Waals surface area contributed by atoms with Crippen LogP contribution in [0.5, 0.6) is 0 Å². The van der Waals surface area contributed by atoms with Crippen LogP contribution in [-0.2, 0) is 0 Å². The Kier molecular flexibility index (Phi) is 4.29. The van der Waals surface area contributed by atoms with E-state index in [2.05, 4.69) is 29.6 Å². The molecule has 2 nitrogen and oxygen atoms in total. The van der Waals surface area contributed by atoms with Crippen LogP contribution in [0.4, 0.5) is 0 Å². The molecule has 0 spiro atoms. The minimum absolute atomic E-state index is 0. The van der Waals surface area contributed by atoms with Gasteiger partial charge in [-0.3, -0.25) is 0 Å². The van der Waals surface area contributed by atoms with Gasteiger partial charge in [0.1, 0.15) is 0 Å². The fourth-order valence-electron chi connectivity index (χ4n) is 1.91. The van der Waals surface area contributed by atoms with Crippen LogP contribution < -0.4 is 27.5 Å². The van der Waals surface area contributed by atoms with Gasteiger partial charge in [-0.1, -0.05) is 0 Å². The Morgan fingerprint density at radius 2 is 1.89 bits per heavy atom. The Morgan fingerprint density at radius 3 is 2.63 bits per heavy atom. The Balaban J connectivity index is 0.00000133. The first-order chi connectivity index (χ1) is 8.63. The summed E-state index contributed by atoms with van der Waals surface area (Å²) < 4.78 is 2.75. The van der Waals surface area contributed by atoms with E-state index < -0.39 is 14.7 Å². The molecule has 19 heavy (non-hydrogen) atoms. The van der Waals surface area contributed by atoms with Gasteiger partial charge in [0.15, 0.2) is 0 Å². The van der Waals surface area contributed by atoms with Gasteiger partial charge in [0, 0.05) is 0 Å². The Labute approximate surface area is 127 Å². The van der Waals surface area contributed by atoms with E-state index in [0.717, 1.165) is 21.4 Å². The molecule has 1 aliphatic carbocycles. The maximum absolute atomic E-state index is 5.83. The van der Waals surface area contributed by atoms with E-state index in [1.54, 1.807) is 11.3 Å². The van der Waals surface area contributed by atoms with Crippen molar-refractivity contribution >= 4 is 40.6 Å². The van der Waals surface area contributed by atoms with Crippen LogP contribution in [0.3, 0.4) is 0 Å². The Morgan fingerprint density at radius 1 is 1.11 bits per heavy atom. The zero-order valence-corrected chi connectivity index (χ0v) is 14.2. The van der Waals surface area contributed by atoms with E-state index in [9.17, 15) is 0 Å². The topological polar surface area (TPSA) is 38.5 Å². The van der Waals surface area contributed by atoms with Gasteiger partial charge in [-0.05, 0) is 0 Å². The summed E-state index contributed by atoms with van der Waals surface area (Å²) in [6.45, 7) is 0. The van der Waals surface area contributed by atoms with Crippen LogP contribution in [-0.4, -0.2) is 19.6 Å². The zero-order chi connectivity index (χ0) is 12.7. The molecule has 0 bridgehead atoms. The fourth-order valence-corrected chi connectivity index (χ4v) is 4.75. The summed E-state index contributed by atoms with van der Waals surface area (Å²) in [4.78, 5) is 5.85. The molecule has 2 N–H and O–H groups in total. The minimum atomic E-state index is -0.819. The Bertz CT molecular complexity index is 754. The molecule has 3 rings (SSSR count). The third-order valence-electron chi connectivity index (χ3n) is 2.90. The molecule has 0 fully saturated rings. The molecule has 0 saturated carbocycles. The second kappa shape index (κ2) is 5.62. The van der Waals surface area contributed by atoms with E-state index in [1.807, 2.05) is 18.2 Å². The molecule has 0 saturated heterocycles. The molecule has 0 aromatic heterocycles. The first kappa shape index (κ1) is 14.5. The zero-order valence-electron chi connectivity index (χ0n) is 10.7. The number of hydrogen-bond acceptors (Lipinski definition) is 2. The van der Waals surface area contributed by atoms with Crippen molar-refractivity contribution in [2.75, 3.05) is 0 Å². The van der Waals surface area contributed by atoms with Gasteiger partial charge in [-0.2, -0.15) is 0 Å². The number of benzene rings is 2. The van der Waals surface area contributed by atoms with Crippen molar-refractivity contribution < 1.29 is 17.8 Å². The SMILES string of the molecule is C[As](C)c1ccc2nc3ccc(=[NH2+])cc-3sc2c1.[Cl-]. The van der Waals surface area contributed by atoms with Crippen LogP contribution in [0.2, 0.25) is 11.4 Å². The monoisotopic (exact) mass is 352 g/mol. The summed E-state index contributed by atoms with van der Waals surface area (Å²) >= 11 is 0.959. The molecule has 0 atom stereocenters. The van der Waals surface area contributed by atoms with E-state index >= 15 is 0 Å². The number of hydrogen-bond donors (Lipinski definition) is 1. The largest absolute Gasteiger partial charge is 1.00 e. The standard InChI is InChI=1S/C14H13AsN2S.ClH/c1-15(2)9-3-5-11-13(7-9)18-14-8-10(16)4-6-12(14)17-11;/h3-8,16H,1-2H3;1H. The van der Waals surface area contributed by atoms with Crippen molar-refractivity contribution in [2.45, 2.75) is 11.4 Å². The minimum Gasteiger partial charge on any atom is -1.00 e. The van der Waals surface area contributed by atoms with Crippen molar-refractivity contribution in [1.29, 1.82) is 0 Å². The van der Waals surface area contributed by atoms with Crippen LogP contribution in [0, 0.1) is 0 Å². The molecule has 98 valence electrons. The predicted molar refractivity (Wildman–Crippen MR) is 78.4 cm³/mol. The van der Waals surface area contributed by atoms with E-state index in [1.165, 1.54) is 9.05 Å². The number of nitrogens with two attached hydrogens (primary N) is 1. The predicted octanol–water partition coefficient (Wildman–Crippen LogP) is -1.97. The number of rotatable bonds is 1. The number of aromatic nitrogens is 1. The molecule has 1 aliphatic heterocycles. The normalized spacial score (nSPS) is 10.9. The molecule has 1 aromatic carbocycles. The second-order valence-corrected chi connectivity index (χ2v) is 10.4. The summed E-state index contributed by atoms with van der Waals surface area (Å²) in [5.41, 5.74) is 6.81. The first-order valence-corrected chi connectivity index (χ1v) is 11.2. The number of fused-ring (bicyclic) bond motifs is 2. The molecule has 1 aromatic rings. The van der Waals surface area contributed by atoms with Crippen molar-refractivity contribution in [2.24, 2.45) is 0 Å². The second-order valence-electron chi connectivity index (χ2n) is 4.49. The van der Waals surface area contributed by atoms with Crippen molar-refractivity contribution in [1.82, 2.24) is 4.98 Å². The van der Waals surface area contributed by atoms with Gasteiger partial charge in [-0.15, -0.1) is 0 Å². The molecule has 0 unspecified atom stereocenters. The van der Waals surface area contributed by atoms with Gasteiger partial charge >= 0.3 is 115 Å². The van der Waals surface area contributed by atoms with Gasteiger partial charge < -0.3 is 12.4 Å². The van der Waals surface area contributed by atoms with Crippen molar-refractivity contribution in [3.05, 3.63) is 41.8 Å². The van der Waals surface area contributed by atoms with Gasteiger partial charge in [0.05, 0.1) is 0 Å². The smallest absolute Gasteiger partial charge is 1.00 e. The third kappa shape index (κ3) is 2.84. The fraction of sp³-hybridized carbons (Fsp3) is 0.143. The first-order valence-electron chi connectivity index (χ1n) is 5.74. The van der Waals surface area contributed by atoms with Crippen molar-refractivity contribution in [3.63, 3.8) is 0 Å². The van der Waals surface area contributed by atoms with E-state index in [-0.39, 0.29) is 12.4 Å². The third-order valence-corrected chi connectivity index (χ3v) is 6.75. The maximum Gasteiger partial charge on any atom is -1.00 e. The number of nitrogens with zero attached hydrogens (tertiary/aromatic N) is 1. The molecule has 0 amide bonds. The average Bonchev–Trinajstić information content (AvgIpc) is 2.35. The van der Waals surface area contributed by atoms with Crippen LogP contribution in [0.25, 0.3) is 20.8 Å². The quantitative estimate of drug-likeness (QED) is 0.400. The van der Waals surface area contributed by atoms with Gasteiger partial charge in [0.25, 0.3) is 0 Å². The van der Waals surface area contributed by atoms with E-state index in [4.69, 9.17) is 10.4 Å². The van der Waals surface area contributed by atoms with Gasteiger partial charge in [-0.25, -0.2) is 0 Å². The van der Waals surface area contributed by atoms with Crippen LogP contribution in [0.15, 0.2) is 36.4 Å². The van der Waals surface area contributed by atoms with Crippen LogP contribution >= 0.6 is 11.3 Å². The van der Waals surface area contributed by atoms with Gasteiger partial charge in [0.2, 0.25) is 0 Å². The molecular weight excluding hydrogens is 339 g/mol. The summed E-state index contributed by atoms with van der Waals surface area (Å²) in [6.07, 6.45) is 0. The molecule has 5 heteroatoms. The summed E-state index contributed by atoms with van der Waals surface area (Å²) in [7, 11) is 0. The van der Waals surface area contributed by atoms with Crippen molar-refractivity contribution in [3.8, 4) is 10.6 Å². The summed E-state index contributed by atoms with van der Waals surface area (Å²) in [6, 6.07) is 12.6. The Hall–Kier alpha value is -0.892. The number of halogens is 1. The molecular formula is C14H14AsClN2S. The van der Waals surface area contributed by atoms with E-state index in [0.29, 0.717) is 0 Å². The summed E-state index contributed by atoms with van der Waals surface area (Å²) in [5, 5.41) is 6.63. The molecule has 0 radical (unpaired) electrons. The molecule has 1 heterocycles.